The Morgan fingerprint density at radius 2 is 1.84 bits per heavy atom. The standard InChI is InChI=1S/C14H11F2NO2/c15-11-4-2-1-3-9(11)7-14(19)17-13-6-5-10(18)8-12(13)16/h1-6,8,18H,7H2,(H,17,19). The molecule has 0 spiro atoms. The molecule has 3 nitrogen and oxygen atoms in total. The van der Waals surface area contributed by atoms with Gasteiger partial charge in [0.2, 0.25) is 5.91 Å². The van der Waals surface area contributed by atoms with E-state index in [4.69, 9.17) is 5.11 Å². The van der Waals surface area contributed by atoms with Crippen LogP contribution >= 0.6 is 0 Å². The zero-order valence-electron chi connectivity index (χ0n) is 9.86. The molecule has 0 aromatic heterocycles. The molecule has 2 N–H and O–H groups in total. The number of amides is 1. The zero-order chi connectivity index (χ0) is 13.8. The number of carbonyl (C=O) groups is 1. The average Bonchev–Trinajstić information content (AvgIpc) is 2.36. The number of anilines is 1. The van der Waals surface area contributed by atoms with Crippen LogP contribution in [-0.2, 0) is 11.2 Å². The number of benzene rings is 2. The van der Waals surface area contributed by atoms with Crippen LogP contribution in [0.25, 0.3) is 0 Å². The van der Waals surface area contributed by atoms with Crippen LogP contribution in [0.3, 0.4) is 0 Å². The van der Waals surface area contributed by atoms with Crippen molar-refractivity contribution in [3.63, 3.8) is 0 Å². The summed E-state index contributed by atoms with van der Waals surface area (Å²) >= 11 is 0. The molecule has 0 atom stereocenters. The Labute approximate surface area is 108 Å². The number of rotatable bonds is 3. The molecule has 0 aliphatic rings. The second kappa shape index (κ2) is 5.48. The molecule has 0 radical (unpaired) electrons. The summed E-state index contributed by atoms with van der Waals surface area (Å²) in [5.74, 6) is -2.00. The van der Waals surface area contributed by atoms with E-state index in [9.17, 15) is 13.6 Å². The van der Waals surface area contributed by atoms with Crippen molar-refractivity contribution < 1.29 is 18.7 Å². The number of halogens is 2. The van der Waals surface area contributed by atoms with Gasteiger partial charge >= 0.3 is 0 Å². The predicted octanol–water partition coefficient (Wildman–Crippen LogP) is 2.85. The minimum absolute atomic E-state index is 0.0564. The summed E-state index contributed by atoms with van der Waals surface area (Å²) in [6.45, 7) is 0. The Balaban J connectivity index is 2.08. The Morgan fingerprint density at radius 1 is 1.11 bits per heavy atom. The van der Waals surface area contributed by atoms with E-state index < -0.39 is 17.5 Å². The number of phenols is 1. The number of phenolic OH excluding ortho intramolecular Hbond substituents is 1. The smallest absolute Gasteiger partial charge is 0.228 e. The van der Waals surface area contributed by atoms with Gasteiger partial charge in [-0.05, 0) is 23.8 Å². The first kappa shape index (κ1) is 13.0. The Kier molecular flexibility index (Phi) is 3.75. The SMILES string of the molecule is O=C(Cc1ccccc1F)Nc1ccc(O)cc1F. The normalized spacial score (nSPS) is 10.2. The van der Waals surface area contributed by atoms with Gasteiger partial charge in [-0.1, -0.05) is 18.2 Å². The van der Waals surface area contributed by atoms with Crippen LogP contribution in [0.1, 0.15) is 5.56 Å². The molecular formula is C14H11F2NO2. The van der Waals surface area contributed by atoms with Crippen molar-refractivity contribution in [2.45, 2.75) is 6.42 Å². The van der Waals surface area contributed by atoms with E-state index >= 15 is 0 Å². The molecule has 0 saturated heterocycles. The molecule has 19 heavy (non-hydrogen) atoms. The van der Waals surface area contributed by atoms with Crippen molar-refractivity contribution in [2.75, 3.05) is 5.32 Å². The van der Waals surface area contributed by atoms with Crippen molar-refractivity contribution in [1.82, 2.24) is 0 Å². The number of hydrogen-bond donors (Lipinski definition) is 2. The van der Waals surface area contributed by atoms with Gasteiger partial charge in [0.1, 0.15) is 17.4 Å². The predicted molar refractivity (Wildman–Crippen MR) is 66.8 cm³/mol. The second-order valence-corrected chi connectivity index (χ2v) is 3.98. The van der Waals surface area contributed by atoms with Crippen LogP contribution < -0.4 is 5.32 Å². The van der Waals surface area contributed by atoms with Gasteiger partial charge in [-0.25, -0.2) is 8.78 Å². The monoisotopic (exact) mass is 263 g/mol. The summed E-state index contributed by atoms with van der Waals surface area (Å²) < 4.78 is 26.7. The lowest BCUT2D eigenvalue weighted by Crippen LogP contribution is -2.16. The Morgan fingerprint density at radius 3 is 2.53 bits per heavy atom. The molecule has 2 rings (SSSR count). The summed E-state index contributed by atoms with van der Waals surface area (Å²) in [7, 11) is 0. The maximum Gasteiger partial charge on any atom is 0.228 e. The molecule has 0 bridgehead atoms. The molecule has 0 aliphatic heterocycles. The number of hydrogen-bond acceptors (Lipinski definition) is 2. The Hall–Kier alpha value is -2.43. The lowest BCUT2D eigenvalue weighted by molar-refractivity contribution is -0.115. The first-order chi connectivity index (χ1) is 9.06. The van der Waals surface area contributed by atoms with Gasteiger partial charge < -0.3 is 10.4 Å². The quantitative estimate of drug-likeness (QED) is 0.836. The van der Waals surface area contributed by atoms with Crippen molar-refractivity contribution in [3.8, 4) is 5.75 Å². The van der Waals surface area contributed by atoms with Gasteiger partial charge in [0.05, 0.1) is 12.1 Å². The largest absolute Gasteiger partial charge is 0.508 e. The maximum atomic E-state index is 13.4. The van der Waals surface area contributed by atoms with Gasteiger partial charge in [0.15, 0.2) is 0 Å². The van der Waals surface area contributed by atoms with Crippen LogP contribution in [0.4, 0.5) is 14.5 Å². The van der Waals surface area contributed by atoms with Crippen molar-refractivity contribution in [2.24, 2.45) is 0 Å². The van der Waals surface area contributed by atoms with Crippen molar-refractivity contribution in [3.05, 3.63) is 59.7 Å². The highest BCUT2D eigenvalue weighted by Crippen LogP contribution is 2.19. The average molecular weight is 263 g/mol. The zero-order valence-corrected chi connectivity index (χ0v) is 9.86. The molecule has 2 aromatic carbocycles. The van der Waals surface area contributed by atoms with Crippen LogP contribution in [0, 0.1) is 11.6 Å². The van der Waals surface area contributed by atoms with Gasteiger partial charge in [-0.2, -0.15) is 0 Å². The molecule has 1 amide bonds. The molecule has 0 fully saturated rings. The van der Waals surface area contributed by atoms with Crippen LogP contribution in [0.15, 0.2) is 42.5 Å². The lowest BCUT2D eigenvalue weighted by Gasteiger charge is -2.07. The van der Waals surface area contributed by atoms with Crippen LogP contribution in [0.2, 0.25) is 0 Å². The van der Waals surface area contributed by atoms with Crippen molar-refractivity contribution in [1.29, 1.82) is 0 Å². The first-order valence-corrected chi connectivity index (χ1v) is 5.58. The van der Waals surface area contributed by atoms with Crippen LogP contribution in [-0.4, -0.2) is 11.0 Å². The van der Waals surface area contributed by atoms with Crippen LogP contribution in [0.5, 0.6) is 5.75 Å². The third-order valence-electron chi connectivity index (χ3n) is 2.54. The van der Waals surface area contributed by atoms with E-state index in [1.54, 1.807) is 6.07 Å². The third kappa shape index (κ3) is 3.28. The molecule has 2 aromatic rings. The summed E-state index contributed by atoms with van der Waals surface area (Å²) in [5, 5.41) is 11.4. The number of aromatic hydroxyl groups is 1. The molecule has 0 aliphatic carbocycles. The lowest BCUT2D eigenvalue weighted by atomic mass is 10.1. The fourth-order valence-electron chi connectivity index (χ4n) is 1.61. The summed E-state index contributed by atoms with van der Waals surface area (Å²) in [5.41, 5.74) is 0.179. The maximum absolute atomic E-state index is 13.4. The molecule has 98 valence electrons. The number of nitrogens with one attached hydrogen (secondary N) is 1. The minimum atomic E-state index is -0.748. The fraction of sp³-hybridized carbons (Fsp3) is 0.0714. The molecule has 0 saturated carbocycles. The minimum Gasteiger partial charge on any atom is -0.508 e. The van der Waals surface area contributed by atoms with Gasteiger partial charge in [0.25, 0.3) is 0 Å². The molecule has 5 heteroatoms. The first-order valence-electron chi connectivity index (χ1n) is 5.58. The highest BCUT2D eigenvalue weighted by Gasteiger charge is 2.10. The Bertz CT molecular complexity index is 614. The third-order valence-corrected chi connectivity index (χ3v) is 2.54. The van der Waals surface area contributed by atoms with E-state index in [0.29, 0.717) is 0 Å². The van der Waals surface area contributed by atoms with E-state index in [0.717, 1.165) is 6.07 Å². The summed E-state index contributed by atoms with van der Waals surface area (Å²) in [6, 6.07) is 9.26. The van der Waals surface area contributed by atoms with E-state index in [1.165, 1.54) is 30.3 Å². The van der Waals surface area contributed by atoms with E-state index in [1.807, 2.05) is 0 Å². The van der Waals surface area contributed by atoms with Gasteiger partial charge in [-0.15, -0.1) is 0 Å². The fourth-order valence-corrected chi connectivity index (χ4v) is 1.61. The molecule has 0 unspecified atom stereocenters. The number of carbonyl (C=O) groups excluding carboxylic acids is 1. The van der Waals surface area contributed by atoms with Crippen molar-refractivity contribution >= 4 is 11.6 Å². The summed E-state index contributed by atoms with van der Waals surface area (Å²) in [6.07, 6.45) is -0.188. The highest BCUT2D eigenvalue weighted by atomic mass is 19.1. The highest BCUT2D eigenvalue weighted by molar-refractivity contribution is 5.92. The van der Waals surface area contributed by atoms with Gasteiger partial charge in [-0.3, -0.25) is 4.79 Å². The molecule has 0 heterocycles. The second-order valence-electron chi connectivity index (χ2n) is 3.98. The van der Waals surface area contributed by atoms with E-state index in [2.05, 4.69) is 5.32 Å². The van der Waals surface area contributed by atoms with E-state index in [-0.39, 0.29) is 23.4 Å². The molecular weight excluding hydrogens is 252 g/mol. The van der Waals surface area contributed by atoms with Gasteiger partial charge in [0, 0.05) is 6.07 Å². The topological polar surface area (TPSA) is 49.3 Å². The summed E-state index contributed by atoms with van der Waals surface area (Å²) in [4.78, 5) is 11.7.